The summed E-state index contributed by atoms with van der Waals surface area (Å²) in [5, 5.41) is 4.75. The highest BCUT2D eigenvalue weighted by Crippen LogP contribution is 2.42. The Balaban J connectivity index is 1.60. The lowest BCUT2D eigenvalue weighted by molar-refractivity contribution is 0.0600. The molecule has 3 heterocycles. The summed E-state index contributed by atoms with van der Waals surface area (Å²) in [6, 6.07) is 9.31. The van der Waals surface area contributed by atoms with Crippen LogP contribution in [0.15, 0.2) is 35.2 Å². The summed E-state index contributed by atoms with van der Waals surface area (Å²) in [7, 11) is 3.12. The quantitative estimate of drug-likeness (QED) is 0.441. The number of carbonyl (C=O) groups is 1. The van der Waals surface area contributed by atoms with Gasteiger partial charge >= 0.3 is 5.97 Å². The second kappa shape index (κ2) is 7.27. The van der Waals surface area contributed by atoms with E-state index in [1.165, 1.54) is 42.1 Å². The van der Waals surface area contributed by atoms with Gasteiger partial charge in [-0.3, -0.25) is 0 Å². The zero-order valence-electron chi connectivity index (χ0n) is 17.9. The molecular formula is C24H23FN4O2S. The van der Waals surface area contributed by atoms with Crippen LogP contribution >= 0.6 is 11.8 Å². The van der Waals surface area contributed by atoms with Crippen molar-refractivity contribution in [3.63, 3.8) is 0 Å². The largest absolute Gasteiger partial charge is 0.465 e. The molecule has 4 aromatic rings. The molecule has 0 amide bonds. The van der Waals surface area contributed by atoms with E-state index in [0.717, 1.165) is 29.9 Å². The molecule has 1 aliphatic carbocycles. The number of thioether (sulfide) groups is 1. The van der Waals surface area contributed by atoms with Gasteiger partial charge in [0.25, 0.3) is 0 Å². The van der Waals surface area contributed by atoms with Gasteiger partial charge in [0, 0.05) is 36.2 Å². The van der Waals surface area contributed by atoms with E-state index in [9.17, 15) is 9.18 Å². The Bertz CT molecular complexity index is 1400. The van der Waals surface area contributed by atoms with Gasteiger partial charge in [-0.1, -0.05) is 6.07 Å². The normalized spacial score (nSPS) is 15.7. The maximum atomic E-state index is 15.0. The number of anilines is 1. The molecule has 0 bridgehead atoms. The van der Waals surface area contributed by atoms with Crippen LogP contribution < -0.4 is 5.32 Å². The van der Waals surface area contributed by atoms with Gasteiger partial charge in [-0.15, -0.1) is 11.8 Å². The Kier molecular flexibility index (Phi) is 4.47. The maximum Gasteiger partial charge on any atom is 0.338 e. The van der Waals surface area contributed by atoms with E-state index in [1.54, 1.807) is 10.6 Å². The second-order valence-electron chi connectivity index (χ2n) is 8.55. The molecule has 1 aliphatic heterocycles. The molecule has 6 rings (SSSR count). The Hall–Kier alpha value is -3.00. The topological polar surface area (TPSA) is 61.1 Å². The Morgan fingerprint density at radius 3 is 2.91 bits per heavy atom. The number of imidazole rings is 1. The van der Waals surface area contributed by atoms with E-state index in [-0.39, 0.29) is 5.56 Å². The molecule has 1 saturated carbocycles. The smallest absolute Gasteiger partial charge is 0.338 e. The summed E-state index contributed by atoms with van der Waals surface area (Å²) in [5.74, 6) is 1.35. The number of carbonyl (C=O) groups excluding carboxylic acids is 1. The number of ether oxygens (including phenoxy) is 1. The zero-order valence-corrected chi connectivity index (χ0v) is 18.8. The number of aromatic nitrogens is 3. The molecule has 0 spiro atoms. The molecule has 8 heteroatoms. The van der Waals surface area contributed by atoms with Crippen molar-refractivity contribution in [2.75, 3.05) is 24.7 Å². The Labute approximate surface area is 188 Å². The number of hydrogen-bond donors (Lipinski definition) is 1. The standard InChI is InChI=1S/C24H23FN4O2S/c1-28-22-16(25)9-15(24(30)31-2)10-17(22)27-23(28)18-11-14-5-6-19-20(26-7-8-32-19)21(14)29(18)12-13-3-4-13/h5-6,9-11,13,26H,3-4,7-8,12H2,1-2H3. The van der Waals surface area contributed by atoms with Crippen LogP contribution in [0.4, 0.5) is 10.1 Å². The number of halogens is 1. The Morgan fingerprint density at radius 2 is 2.12 bits per heavy atom. The predicted octanol–water partition coefficient (Wildman–Crippen LogP) is 5.05. The maximum absolute atomic E-state index is 15.0. The first-order valence-electron chi connectivity index (χ1n) is 10.8. The molecule has 32 heavy (non-hydrogen) atoms. The van der Waals surface area contributed by atoms with E-state index in [1.807, 2.05) is 18.8 Å². The first-order valence-corrected chi connectivity index (χ1v) is 11.8. The number of fused-ring (bicyclic) bond motifs is 4. The van der Waals surface area contributed by atoms with Crippen LogP contribution in [0.1, 0.15) is 23.2 Å². The highest BCUT2D eigenvalue weighted by molar-refractivity contribution is 7.99. The van der Waals surface area contributed by atoms with Gasteiger partial charge in [-0.25, -0.2) is 14.2 Å². The Morgan fingerprint density at radius 1 is 1.28 bits per heavy atom. The molecule has 1 fully saturated rings. The van der Waals surface area contributed by atoms with Crippen LogP contribution in [0, 0.1) is 11.7 Å². The summed E-state index contributed by atoms with van der Waals surface area (Å²) in [4.78, 5) is 18.0. The molecule has 2 aliphatic rings. The first-order chi connectivity index (χ1) is 15.5. The molecule has 1 N–H and O–H groups in total. The lowest BCUT2D eigenvalue weighted by Gasteiger charge is -2.20. The van der Waals surface area contributed by atoms with Crippen molar-refractivity contribution < 1.29 is 13.9 Å². The summed E-state index contributed by atoms with van der Waals surface area (Å²) in [6.45, 7) is 1.86. The fraction of sp³-hybridized carbons (Fsp3) is 0.333. The number of esters is 1. The second-order valence-corrected chi connectivity index (χ2v) is 9.68. The van der Waals surface area contributed by atoms with Crippen molar-refractivity contribution in [1.82, 2.24) is 14.1 Å². The summed E-state index contributed by atoms with van der Waals surface area (Å²) in [5.41, 5.74) is 4.34. The molecule has 0 saturated heterocycles. The third-order valence-electron chi connectivity index (χ3n) is 6.40. The van der Waals surface area contributed by atoms with Crippen LogP contribution in [0.3, 0.4) is 0 Å². The highest BCUT2D eigenvalue weighted by atomic mass is 32.2. The number of methoxy groups -OCH3 is 1. The molecule has 0 atom stereocenters. The monoisotopic (exact) mass is 450 g/mol. The van der Waals surface area contributed by atoms with Crippen LogP contribution in [-0.2, 0) is 18.3 Å². The van der Waals surface area contributed by atoms with Gasteiger partial charge in [0.1, 0.15) is 11.3 Å². The number of nitrogens with one attached hydrogen (secondary N) is 1. The molecule has 0 unspecified atom stereocenters. The minimum Gasteiger partial charge on any atom is -0.465 e. The average Bonchev–Trinajstić information content (AvgIpc) is 3.46. The lowest BCUT2D eigenvalue weighted by atomic mass is 10.2. The van der Waals surface area contributed by atoms with Crippen LogP contribution in [0.5, 0.6) is 0 Å². The summed E-state index contributed by atoms with van der Waals surface area (Å²) < 4.78 is 23.9. The van der Waals surface area contributed by atoms with E-state index < -0.39 is 11.8 Å². The van der Waals surface area contributed by atoms with Crippen LogP contribution in [-0.4, -0.2) is 39.5 Å². The predicted molar refractivity (Wildman–Crippen MR) is 125 cm³/mol. The third kappa shape index (κ3) is 3.00. The minimum absolute atomic E-state index is 0.163. The SMILES string of the molecule is COC(=O)c1cc(F)c2c(c1)nc(-c1cc3ccc4c(c3n1CC1CC1)NCCS4)n2C. The van der Waals surface area contributed by atoms with Gasteiger partial charge in [0.05, 0.1) is 35.1 Å². The van der Waals surface area contributed by atoms with Gasteiger partial charge in [-0.05, 0) is 43.0 Å². The van der Waals surface area contributed by atoms with Gasteiger partial charge in [0.15, 0.2) is 5.82 Å². The summed E-state index contributed by atoms with van der Waals surface area (Å²) in [6.07, 6.45) is 2.46. The number of hydrogen-bond acceptors (Lipinski definition) is 5. The fourth-order valence-electron chi connectivity index (χ4n) is 4.66. The summed E-state index contributed by atoms with van der Waals surface area (Å²) >= 11 is 1.88. The van der Waals surface area contributed by atoms with Crippen molar-refractivity contribution in [3.05, 3.63) is 41.7 Å². The number of benzene rings is 2. The highest BCUT2D eigenvalue weighted by Gasteiger charge is 2.28. The van der Waals surface area contributed by atoms with E-state index in [0.29, 0.717) is 22.8 Å². The molecule has 0 radical (unpaired) electrons. The molecule has 6 nitrogen and oxygen atoms in total. The minimum atomic E-state index is -0.573. The third-order valence-corrected chi connectivity index (χ3v) is 7.46. The van der Waals surface area contributed by atoms with E-state index in [4.69, 9.17) is 9.72 Å². The molecule has 2 aromatic carbocycles. The van der Waals surface area contributed by atoms with Gasteiger partial charge < -0.3 is 19.2 Å². The molecule has 2 aromatic heterocycles. The van der Waals surface area contributed by atoms with Crippen molar-refractivity contribution in [2.24, 2.45) is 13.0 Å². The van der Waals surface area contributed by atoms with Gasteiger partial charge in [-0.2, -0.15) is 0 Å². The van der Waals surface area contributed by atoms with E-state index >= 15 is 0 Å². The number of rotatable bonds is 4. The molecule has 164 valence electrons. The van der Waals surface area contributed by atoms with E-state index in [2.05, 4.69) is 28.1 Å². The van der Waals surface area contributed by atoms with Crippen LogP contribution in [0.25, 0.3) is 33.5 Å². The first kappa shape index (κ1) is 19.7. The zero-order chi connectivity index (χ0) is 22.0. The van der Waals surface area contributed by atoms with Crippen molar-refractivity contribution in [2.45, 2.75) is 24.3 Å². The van der Waals surface area contributed by atoms with Crippen molar-refractivity contribution in [1.29, 1.82) is 0 Å². The van der Waals surface area contributed by atoms with Crippen molar-refractivity contribution >= 4 is 45.4 Å². The lowest BCUT2D eigenvalue weighted by Crippen LogP contribution is -2.12. The number of aryl methyl sites for hydroxylation is 1. The van der Waals surface area contributed by atoms with Crippen molar-refractivity contribution in [3.8, 4) is 11.5 Å². The fourth-order valence-corrected chi connectivity index (χ4v) is 5.57. The molecular weight excluding hydrogens is 427 g/mol. The number of nitrogens with zero attached hydrogens (tertiary/aromatic N) is 3. The van der Waals surface area contributed by atoms with Gasteiger partial charge in [0.2, 0.25) is 0 Å². The average molecular weight is 451 g/mol. The van der Waals surface area contributed by atoms with Crippen LogP contribution in [0.2, 0.25) is 0 Å².